The molecule has 1 unspecified atom stereocenters. The quantitative estimate of drug-likeness (QED) is 0.920. The second-order valence-electron chi connectivity index (χ2n) is 4.87. The number of hydrogen-bond donors (Lipinski definition) is 1. The summed E-state index contributed by atoms with van der Waals surface area (Å²) in [5.74, 6) is -0.311. The van der Waals surface area contributed by atoms with Crippen LogP contribution in [0.25, 0.3) is 0 Å². The van der Waals surface area contributed by atoms with Crippen molar-refractivity contribution in [2.45, 2.75) is 39.8 Å². The zero-order valence-electron chi connectivity index (χ0n) is 11.5. The molecule has 1 N–H and O–H groups in total. The van der Waals surface area contributed by atoms with Gasteiger partial charge in [-0.2, -0.15) is 5.10 Å². The van der Waals surface area contributed by atoms with Gasteiger partial charge in [0, 0.05) is 18.7 Å². The SMILES string of the molecule is CCn1nc(C)cc1CC(O)c1cc(C)cc(F)c1. The minimum atomic E-state index is -0.712. The Bertz CT molecular complexity index is 557. The molecule has 0 saturated heterocycles. The van der Waals surface area contributed by atoms with Crippen LogP contribution in [-0.4, -0.2) is 14.9 Å². The standard InChI is InChI=1S/C15H19FN2O/c1-4-18-14(7-11(3)17-18)9-15(19)12-5-10(2)6-13(16)8-12/h5-8,15,19H,4,9H2,1-3H3. The monoisotopic (exact) mass is 262 g/mol. The molecular weight excluding hydrogens is 243 g/mol. The summed E-state index contributed by atoms with van der Waals surface area (Å²) in [4.78, 5) is 0. The fourth-order valence-corrected chi connectivity index (χ4v) is 2.31. The Morgan fingerprint density at radius 1 is 1.26 bits per heavy atom. The largest absolute Gasteiger partial charge is 0.388 e. The van der Waals surface area contributed by atoms with Crippen LogP contribution in [0, 0.1) is 19.7 Å². The van der Waals surface area contributed by atoms with E-state index in [0.717, 1.165) is 23.5 Å². The second kappa shape index (κ2) is 5.53. The molecular formula is C15H19FN2O. The van der Waals surface area contributed by atoms with E-state index in [9.17, 15) is 9.50 Å². The van der Waals surface area contributed by atoms with E-state index < -0.39 is 6.10 Å². The van der Waals surface area contributed by atoms with E-state index in [0.29, 0.717) is 12.0 Å². The van der Waals surface area contributed by atoms with Crippen molar-refractivity contribution in [3.8, 4) is 0 Å². The van der Waals surface area contributed by atoms with Crippen LogP contribution in [0.15, 0.2) is 24.3 Å². The second-order valence-corrected chi connectivity index (χ2v) is 4.87. The number of halogens is 1. The first kappa shape index (κ1) is 13.7. The van der Waals surface area contributed by atoms with Gasteiger partial charge in [0.25, 0.3) is 0 Å². The molecule has 4 heteroatoms. The van der Waals surface area contributed by atoms with E-state index >= 15 is 0 Å². The first-order chi connectivity index (χ1) is 8.99. The van der Waals surface area contributed by atoms with Gasteiger partial charge in [0.2, 0.25) is 0 Å². The van der Waals surface area contributed by atoms with Crippen molar-refractivity contribution in [1.82, 2.24) is 9.78 Å². The Morgan fingerprint density at radius 2 is 2.00 bits per heavy atom. The highest BCUT2D eigenvalue weighted by Gasteiger charge is 2.14. The van der Waals surface area contributed by atoms with Gasteiger partial charge in [-0.1, -0.05) is 6.07 Å². The molecule has 0 amide bonds. The maximum Gasteiger partial charge on any atom is 0.123 e. The van der Waals surface area contributed by atoms with E-state index in [1.807, 2.05) is 37.6 Å². The minimum Gasteiger partial charge on any atom is -0.388 e. The topological polar surface area (TPSA) is 38.0 Å². The molecule has 1 aromatic carbocycles. The van der Waals surface area contributed by atoms with E-state index in [-0.39, 0.29) is 5.82 Å². The average molecular weight is 262 g/mol. The van der Waals surface area contributed by atoms with Gasteiger partial charge in [-0.15, -0.1) is 0 Å². The zero-order valence-corrected chi connectivity index (χ0v) is 11.5. The molecule has 1 aromatic heterocycles. The number of rotatable bonds is 4. The van der Waals surface area contributed by atoms with Gasteiger partial charge in [0.1, 0.15) is 5.82 Å². The van der Waals surface area contributed by atoms with E-state index in [1.54, 1.807) is 0 Å². The van der Waals surface area contributed by atoms with Crippen molar-refractivity contribution in [2.24, 2.45) is 0 Å². The van der Waals surface area contributed by atoms with Gasteiger partial charge in [0.15, 0.2) is 0 Å². The Kier molecular flexibility index (Phi) is 4.00. The van der Waals surface area contributed by atoms with Crippen molar-refractivity contribution in [2.75, 3.05) is 0 Å². The highest BCUT2D eigenvalue weighted by atomic mass is 19.1. The van der Waals surface area contributed by atoms with Gasteiger partial charge in [-0.25, -0.2) is 4.39 Å². The molecule has 0 aliphatic rings. The van der Waals surface area contributed by atoms with Gasteiger partial charge in [-0.05, 0) is 50.1 Å². The highest BCUT2D eigenvalue weighted by molar-refractivity contribution is 5.26. The summed E-state index contributed by atoms with van der Waals surface area (Å²) in [6, 6.07) is 6.61. The first-order valence-electron chi connectivity index (χ1n) is 6.48. The molecule has 19 heavy (non-hydrogen) atoms. The van der Waals surface area contributed by atoms with Gasteiger partial charge in [0.05, 0.1) is 11.8 Å². The lowest BCUT2D eigenvalue weighted by molar-refractivity contribution is 0.175. The third-order valence-corrected chi connectivity index (χ3v) is 3.14. The predicted molar refractivity (Wildman–Crippen MR) is 72.4 cm³/mol. The molecule has 1 atom stereocenters. The van der Waals surface area contributed by atoms with Gasteiger partial charge in [-0.3, -0.25) is 4.68 Å². The van der Waals surface area contributed by atoms with Crippen LogP contribution >= 0.6 is 0 Å². The van der Waals surface area contributed by atoms with Crippen molar-refractivity contribution in [3.63, 3.8) is 0 Å². The maximum absolute atomic E-state index is 13.3. The zero-order chi connectivity index (χ0) is 14.0. The molecule has 2 rings (SSSR count). The summed E-state index contributed by atoms with van der Waals surface area (Å²) in [5, 5.41) is 14.6. The summed E-state index contributed by atoms with van der Waals surface area (Å²) in [5.41, 5.74) is 3.32. The molecule has 0 radical (unpaired) electrons. The van der Waals surface area contributed by atoms with Crippen LogP contribution in [0.3, 0.4) is 0 Å². The number of hydrogen-bond acceptors (Lipinski definition) is 2. The van der Waals surface area contributed by atoms with Crippen LogP contribution in [0.4, 0.5) is 4.39 Å². The fourth-order valence-electron chi connectivity index (χ4n) is 2.31. The summed E-state index contributed by atoms with van der Waals surface area (Å²) >= 11 is 0. The third-order valence-electron chi connectivity index (χ3n) is 3.14. The lowest BCUT2D eigenvalue weighted by Crippen LogP contribution is -2.09. The highest BCUT2D eigenvalue weighted by Crippen LogP contribution is 2.21. The molecule has 0 saturated carbocycles. The third kappa shape index (κ3) is 3.20. The molecule has 0 aliphatic heterocycles. The number of benzene rings is 1. The maximum atomic E-state index is 13.3. The van der Waals surface area contributed by atoms with Crippen LogP contribution < -0.4 is 0 Å². The molecule has 0 bridgehead atoms. The fraction of sp³-hybridized carbons (Fsp3) is 0.400. The van der Waals surface area contributed by atoms with Crippen LogP contribution in [-0.2, 0) is 13.0 Å². The summed E-state index contributed by atoms with van der Waals surface area (Å²) < 4.78 is 15.2. The lowest BCUT2D eigenvalue weighted by Gasteiger charge is -2.13. The number of aromatic nitrogens is 2. The minimum absolute atomic E-state index is 0.311. The van der Waals surface area contributed by atoms with Crippen molar-refractivity contribution in [3.05, 3.63) is 52.6 Å². The van der Waals surface area contributed by atoms with E-state index in [1.165, 1.54) is 12.1 Å². The van der Waals surface area contributed by atoms with E-state index in [4.69, 9.17) is 0 Å². The molecule has 0 fully saturated rings. The predicted octanol–water partition coefficient (Wildman–Crippen LogP) is 2.94. The normalized spacial score (nSPS) is 12.7. The molecule has 3 nitrogen and oxygen atoms in total. The molecule has 102 valence electrons. The Balaban J connectivity index is 2.22. The molecule has 0 aliphatic carbocycles. The molecule has 1 heterocycles. The van der Waals surface area contributed by atoms with Crippen molar-refractivity contribution >= 4 is 0 Å². The van der Waals surface area contributed by atoms with Crippen molar-refractivity contribution in [1.29, 1.82) is 0 Å². The first-order valence-corrected chi connectivity index (χ1v) is 6.48. The van der Waals surface area contributed by atoms with Crippen LogP contribution in [0.2, 0.25) is 0 Å². The van der Waals surface area contributed by atoms with E-state index in [2.05, 4.69) is 5.10 Å². The average Bonchev–Trinajstić information content (AvgIpc) is 2.68. The van der Waals surface area contributed by atoms with Crippen LogP contribution in [0.1, 0.15) is 35.5 Å². The molecule has 2 aromatic rings. The number of nitrogens with zero attached hydrogens (tertiary/aromatic N) is 2. The van der Waals surface area contributed by atoms with Crippen molar-refractivity contribution < 1.29 is 9.50 Å². The summed E-state index contributed by atoms with van der Waals surface area (Å²) in [6.45, 7) is 6.51. The number of aliphatic hydroxyl groups excluding tert-OH is 1. The summed E-state index contributed by atoms with van der Waals surface area (Å²) in [7, 11) is 0. The van der Waals surface area contributed by atoms with Crippen LogP contribution in [0.5, 0.6) is 0 Å². The lowest BCUT2D eigenvalue weighted by atomic mass is 10.0. The summed E-state index contributed by atoms with van der Waals surface area (Å²) in [6.07, 6.45) is -0.270. The van der Waals surface area contributed by atoms with Gasteiger partial charge < -0.3 is 5.11 Å². The Hall–Kier alpha value is -1.68. The Morgan fingerprint density at radius 3 is 2.63 bits per heavy atom. The Labute approximate surface area is 112 Å². The smallest absolute Gasteiger partial charge is 0.123 e. The van der Waals surface area contributed by atoms with Gasteiger partial charge >= 0.3 is 0 Å². The number of aliphatic hydroxyl groups is 1. The number of aryl methyl sites for hydroxylation is 3. The molecule has 0 spiro atoms.